The summed E-state index contributed by atoms with van der Waals surface area (Å²) >= 11 is 1.42. The molecule has 96 valence electrons. The van der Waals surface area contributed by atoms with Gasteiger partial charge in [0, 0.05) is 6.07 Å². The molecule has 0 radical (unpaired) electrons. The van der Waals surface area contributed by atoms with Gasteiger partial charge in [0.15, 0.2) is 6.54 Å². The Hall–Kier alpha value is -1.82. The number of thiazole rings is 1. The fourth-order valence-corrected chi connectivity index (χ4v) is 2.67. The molecule has 1 aromatic carbocycles. The van der Waals surface area contributed by atoms with Gasteiger partial charge in [-0.2, -0.15) is 0 Å². The number of esters is 1. The summed E-state index contributed by atoms with van der Waals surface area (Å²) < 4.78 is 12.8. The molecule has 1 heterocycles. The molecule has 0 atom stereocenters. The first-order chi connectivity index (χ1) is 8.65. The molecule has 0 bridgehead atoms. The molecule has 2 N–H and O–H groups in total. The lowest BCUT2D eigenvalue weighted by atomic mass is 10.3. The summed E-state index contributed by atoms with van der Waals surface area (Å²) in [4.78, 5) is 11.5. The zero-order valence-electron chi connectivity index (χ0n) is 10.3. The second-order valence-corrected chi connectivity index (χ2v) is 4.73. The van der Waals surface area contributed by atoms with Crippen LogP contribution in [0.2, 0.25) is 0 Å². The highest BCUT2D eigenvalue weighted by molar-refractivity contribution is 7.21. The average Bonchev–Trinajstić information content (AvgIpc) is 2.65. The topological polar surface area (TPSA) is 65.4 Å². The first kappa shape index (κ1) is 12.6. The number of nitrogen functional groups attached to an aromatic ring is 1. The van der Waals surface area contributed by atoms with Gasteiger partial charge in [-0.3, -0.25) is 5.73 Å². The molecule has 0 spiro atoms. The molecule has 0 saturated heterocycles. The Bertz CT molecular complexity index is 580. The smallest absolute Gasteiger partial charge is 0.348 e. The van der Waals surface area contributed by atoms with Gasteiger partial charge in [0.2, 0.25) is 0 Å². The minimum Gasteiger partial charge on any atom is -0.497 e. The van der Waals surface area contributed by atoms with E-state index in [0.29, 0.717) is 11.7 Å². The maximum absolute atomic E-state index is 11.5. The van der Waals surface area contributed by atoms with E-state index in [4.69, 9.17) is 15.2 Å². The fraction of sp³-hybridized carbons (Fsp3) is 0.333. The number of fused-ring (bicyclic) bond motifs is 1. The van der Waals surface area contributed by atoms with E-state index < -0.39 is 0 Å². The molecule has 0 aliphatic rings. The van der Waals surface area contributed by atoms with E-state index in [0.717, 1.165) is 16.0 Å². The Morgan fingerprint density at radius 3 is 2.94 bits per heavy atom. The van der Waals surface area contributed by atoms with Crippen LogP contribution in [-0.2, 0) is 16.1 Å². The van der Waals surface area contributed by atoms with Crippen LogP contribution in [0.25, 0.3) is 10.2 Å². The molecule has 5 nitrogen and oxygen atoms in total. The van der Waals surface area contributed by atoms with E-state index in [2.05, 4.69) is 0 Å². The lowest BCUT2D eigenvalue weighted by Gasteiger charge is -2.01. The van der Waals surface area contributed by atoms with Crippen LogP contribution < -0.4 is 15.0 Å². The summed E-state index contributed by atoms with van der Waals surface area (Å²) in [5, 5.41) is 0.575. The van der Waals surface area contributed by atoms with Gasteiger partial charge in [0.1, 0.15) is 11.3 Å². The van der Waals surface area contributed by atoms with Crippen LogP contribution in [0.1, 0.15) is 6.92 Å². The molecule has 2 aromatic rings. The van der Waals surface area contributed by atoms with Crippen molar-refractivity contribution < 1.29 is 18.8 Å². The molecule has 6 heteroatoms. The van der Waals surface area contributed by atoms with Gasteiger partial charge in [0.05, 0.1) is 18.4 Å². The maximum Gasteiger partial charge on any atom is 0.348 e. The highest BCUT2D eigenvalue weighted by atomic mass is 32.1. The molecule has 0 aliphatic carbocycles. The number of aromatic nitrogens is 1. The minimum atomic E-state index is -0.287. The van der Waals surface area contributed by atoms with Gasteiger partial charge < -0.3 is 9.47 Å². The van der Waals surface area contributed by atoms with Gasteiger partial charge in [0.25, 0.3) is 0 Å². The molecule has 1 aromatic heterocycles. The predicted octanol–water partition coefficient (Wildman–Crippen LogP) is 1.34. The minimum absolute atomic E-state index is 0.131. The molecule has 0 unspecified atom stereocenters. The third-order valence-electron chi connectivity index (χ3n) is 2.53. The van der Waals surface area contributed by atoms with Crippen LogP contribution in [-0.4, -0.2) is 19.7 Å². The largest absolute Gasteiger partial charge is 0.497 e. The van der Waals surface area contributed by atoms with Gasteiger partial charge >= 0.3 is 11.1 Å². The SMILES string of the molecule is CCOC(=O)C[n+]1c(N)sc2cc(OC)ccc21. The van der Waals surface area contributed by atoms with E-state index in [1.165, 1.54) is 11.3 Å². The van der Waals surface area contributed by atoms with E-state index >= 15 is 0 Å². The van der Waals surface area contributed by atoms with Crippen molar-refractivity contribution in [3.63, 3.8) is 0 Å². The second kappa shape index (κ2) is 5.22. The van der Waals surface area contributed by atoms with Crippen LogP contribution in [0, 0.1) is 0 Å². The Morgan fingerprint density at radius 1 is 1.50 bits per heavy atom. The molecule has 2 rings (SSSR count). The van der Waals surface area contributed by atoms with Crippen LogP contribution in [0.5, 0.6) is 5.75 Å². The second-order valence-electron chi connectivity index (χ2n) is 3.67. The van der Waals surface area contributed by atoms with Crippen molar-refractivity contribution in [3.8, 4) is 5.75 Å². The lowest BCUT2D eigenvalue weighted by molar-refractivity contribution is -0.641. The number of carbonyl (C=O) groups is 1. The van der Waals surface area contributed by atoms with Crippen LogP contribution in [0.3, 0.4) is 0 Å². The molecular weight excluding hydrogens is 252 g/mol. The standard InChI is InChI=1S/C12H14N2O3S/c1-3-17-11(15)7-14-9-5-4-8(16-2)6-10(9)18-12(14)13/h4-6,13H,3,7H2,1-2H3/p+1. The Kier molecular flexibility index (Phi) is 3.66. The molecule has 0 saturated carbocycles. The van der Waals surface area contributed by atoms with Crippen LogP contribution in [0.15, 0.2) is 18.2 Å². The van der Waals surface area contributed by atoms with Crippen molar-refractivity contribution in [2.75, 3.05) is 19.5 Å². The molecule has 18 heavy (non-hydrogen) atoms. The normalized spacial score (nSPS) is 10.6. The first-order valence-corrected chi connectivity index (χ1v) is 6.38. The number of hydrogen-bond acceptors (Lipinski definition) is 5. The van der Waals surface area contributed by atoms with Gasteiger partial charge in [-0.05, 0) is 30.4 Å². The van der Waals surface area contributed by atoms with Crippen molar-refractivity contribution in [1.29, 1.82) is 0 Å². The number of methoxy groups -OCH3 is 1. The summed E-state index contributed by atoms with van der Waals surface area (Å²) in [5.41, 5.74) is 6.83. The summed E-state index contributed by atoms with van der Waals surface area (Å²) in [6, 6.07) is 5.63. The zero-order valence-corrected chi connectivity index (χ0v) is 11.1. The number of rotatable bonds is 4. The molecule has 0 aliphatic heterocycles. The number of benzene rings is 1. The van der Waals surface area contributed by atoms with Crippen molar-refractivity contribution in [2.45, 2.75) is 13.5 Å². The highest BCUT2D eigenvalue weighted by Crippen LogP contribution is 2.26. The number of nitrogens with two attached hydrogens (primary N) is 1. The van der Waals surface area contributed by atoms with Crippen molar-refractivity contribution >= 4 is 32.7 Å². The maximum atomic E-state index is 11.5. The number of carbonyl (C=O) groups excluding carboxylic acids is 1. The zero-order chi connectivity index (χ0) is 13.1. The van der Waals surface area contributed by atoms with Crippen LogP contribution in [0.4, 0.5) is 5.13 Å². The van der Waals surface area contributed by atoms with Gasteiger partial charge in [-0.1, -0.05) is 0 Å². The van der Waals surface area contributed by atoms with E-state index in [1.807, 2.05) is 18.2 Å². The van der Waals surface area contributed by atoms with E-state index in [9.17, 15) is 4.79 Å². The number of ether oxygens (including phenoxy) is 2. The predicted molar refractivity (Wildman–Crippen MR) is 69.6 cm³/mol. The van der Waals surface area contributed by atoms with Crippen molar-refractivity contribution in [3.05, 3.63) is 18.2 Å². The lowest BCUT2D eigenvalue weighted by Crippen LogP contribution is -2.39. The first-order valence-electron chi connectivity index (χ1n) is 5.57. The third-order valence-corrected chi connectivity index (χ3v) is 3.51. The van der Waals surface area contributed by atoms with Crippen molar-refractivity contribution in [2.24, 2.45) is 0 Å². The number of anilines is 1. The summed E-state index contributed by atoms with van der Waals surface area (Å²) in [6.07, 6.45) is 0. The van der Waals surface area contributed by atoms with Gasteiger partial charge in [-0.15, -0.1) is 0 Å². The number of hydrogen-bond donors (Lipinski definition) is 1. The Labute approximate surface area is 109 Å². The van der Waals surface area contributed by atoms with Crippen LogP contribution >= 0.6 is 11.3 Å². The Balaban J connectivity index is 2.38. The van der Waals surface area contributed by atoms with Gasteiger partial charge in [-0.25, -0.2) is 9.36 Å². The average molecular weight is 267 g/mol. The fourth-order valence-electron chi connectivity index (χ4n) is 1.71. The monoisotopic (exact) mass is 267 g/mol. The Morgan fingerprint density at radius 2 is 2.28 bits per heavy atom. The summed E-state index contributed by atoms with van der Waals surface area (Å²) in [7, 11) is 1.62. The van der Waals surface area contributed by atoms with E-state index in [1.54, 1.807) is 18.6 Å². The molecular formula is C12H15N2O3S+. The summed E-state index contributed by atoms with van der Waals surface area (Å²) in [6.45, 7) is 2.28. The number of nitrogens with zero attached hydrogens (tertiary/aromatic N) is 1. The third kappa shape index (κ3) is 2.38. The van der Waals surface area contributed by atoms with Crippen molar-refractivity contribution in [1.82, 2.24) is 0 Å². The molecule has 0 amide bonds. The highest BCUT2D eigenvalue weighted by Gasteiger charge is 2.18. The van der Waals surface area contributed by atoms with E-state index in [-0.39, 0.29) is 12.5 Å². The molecule has 0 fully saturated rings. The quantitative estimate of drug-likeness (QED) is 0.670. The summed E-state index contributed by atoms with van der Waals surface area (Å²) in [5.74, 6) is 0.483.